The molecule has 0 aromatic heterocycles. The van der Waals surface area contributed by atoms with E-state index < -0.39 is 28.2 Å². The minimum Gasteiger partial charge on any atom is -0.486 e. The Hall–Kier alpha value is -3.15. The van der Waals surface area contributed by atoms with E-state index in [4.69, 9.17) is 4.74 Å². The lowest BCUT2D eigenvalue weighted by Crippen LogP contribution is -2.50. The molecule has 0 saturated carbocycles. The molecule has 0 saturated heterocycles. The second-order valence-electron chi connectivity index (χ2n) is 8.79. The maximum absolute atomic E-state index is 13.5. The third-order valence-corrected chi connectivity index (χ3v) is 7.26. The van der Waals surface area contributed by atoms with Crippen LogP contribution in [0.15, 0.2) is 48.5 Å². The molecule has 0 bridgehead atoms. The summed E-state index contributed by atoms with van der Waals surface area (Å²) in [6, 6.07) is 12.7. The molecule has 10 nitrogen and oxygen atoms in total. The van der Waals surface area contributed by atoms with Gasteiger partial charge in [0.25, 0.3) is 5.91 Å². The number of aliphatic hydroxyl groups is 1. The van der Waals surface area contributed by atoms with Crippen molar-refractivity contribution in [2.75, 3.05) is 43.6 Å². The van der Waals surface area contributed by atoms with Crippen molar-refractivity contribution in [2.45, 2.75) is 26.0 Å². The molecule has 2 aromatic rings. The maximum atomic E-state index is 13.5. The SMILES string of the molecule is C[C@H](CO)N1C[C@H](C)[C@H](CN(C)S(C)(=O)=O)Oc2c(NC(=O)Nc3ccccc3)cccc2C1=O. The summed E-state index contributed by atoms with van der Waals surface area (Å²) in [5.74, 6) is -0.485. The molecule has 190 valence electrons. The number of anilines is 2. The molecule has 1 heterocycles. The van der Waals surface area contributed by atoms with Crippen LogP contribution in [0.1, 0.15) is 24.2 Å². The summed E-state index contributed by atoms with van der Waals surface area (Å²) < 4.78 is 31.6. The van der Waals surface area contributed by atoms with Crippen molar-refractivity contribution in [1.82, 2.24) is 9.21 Å². The normalized spacial score (nSPS) is 19.3. The van der Waals surface area contributed by atoms with Crippen LogP contribution in [0.2, 0.25) is 0 Å². The van der Waals surface area contributed by atoms with Crippen molar-refractivity contribution in [3.8, 4) is 5.75 Å². The lowest BCUT2D eigenvalue weighted by atomic mass is 9.99. The number of rotatable bonds is 7. The number of fused-ring (bicyclic) bond motifs is 1. The van der Waals surface area contributed by atoms with Crippen LogP contribution in [0.3, 0.4) is 0 Å². The Kier molecular flexibility index (Phi) is 8.36. The van der Waals surface area contributed by atoms with E-state index in [2.05, 4.69) is 10.6 Å². The summed E-state index contributed by atoms with van der Waals surface area (Å²) in [5, 5.41) is 15.2. The van der Waals surface area contributed by atoms with Gasteiger partial charge in [0.05, 0.1) is 36.7 Å². The molecule has 0 aliphatic carbocycles. The Morgan fingerprint density at radius 1 is 1.20 bits per heavy atom. The van der Waals surface area contributed by atoms with E-state index in [0.29, 0.717) is 5.69 Å². The highest BCUT2D eigenvalue weighted by Crippen LogP contribution is 2.35. The third kappa shape index (κ3) is 6.50. The quantitative estimate of drug-likeness (QED) is 0.531. The number of aliphatic hydroxyl groups excluding tert-OH is 1. The van der Waals surface area contributed by atoms with Crippen molar-refractivity contribution < 1.29 is 27.9 Å². The molecule has 3 amide bonds. The van der Waals surface area contributed by atoms with Crippen LogP contribution in [-0.2, 0) is 10.0 Å². The first kappa shape index (κ1) is 26.5. The number of nitrogens with zero attached hydrogens (tertiary/aromatic N) is 2. The molecule has 0 unspecified atom stereocenters. The first-order valence-corrected chi connectivity index (χ1v) is 13.1. The zero-order valence-corrected chi connectivity index (χ0v) is 21.1. The van der Waals surface area contributed by atoms with Crippen LogP contribution < -0.4 is 15.4 Å². The van der Waals surface area contributed by atoms with E-state index in [1.807, 2.05) is 13.0 Å². The topological polar surface area (TPSA) is 128 Å². The molecule has 0 spiro atoms. The number of urea groups is 1. The minimum atomic E-state index is -3.48. The Morgan fingerprint density at radius 2 is 1.89 bits per heavy atom. The number of hydrogen-bond donors (Lipinski definition) is 3. The molecule has 1 aliphatic rings. The number of ether oxygens (including phenoxy) is 1. The largest absolute Gasteiger partial charge is 0.486 e. The molecule has 3 rings (SSSR count). The monoisotopic (exact) mass is 504 g/mol. The highest BCUT2D eigenvalue weighted by atomic mass is 32.2. The fourth-order valence-corrected chi connectivity index (χ4v) is 4.17. The van der Waals surface area contributed by atoms with E-state index >= 15 is 0 Å². The number of likely N-dealkylation sites (N-methyl/N-ethyl adjacent to an activating group) is 1. The molecule has 35 heavy (non-hydrogen) atoms. The number of benzene rings is 2. The van der Waals surface area contributed by atoms with Gasteiger partial charge in [-0.2, -0.15) is 0 Å². The van der Waals surface area contributed by atoms with E-state index in [-0.39, 0.29) is 48.5 Å². The average molecular weight is 505 g/mol. The number of nitrogens with one attached hydrogen (secondary N) is 2. The van der Waals surface area contributed by atoms with Gasteiger partial charge < -0.3 is 25.4 Å². The van der Waals surface area contributed by atoms with Gasteiger partial charge in [0.2, 0.25) is 10.0 Å². The Morgan fingerprint density at radius 3 is 2.51 bits per heavy atom. The summed E-state index contributed by atoms with van der Waals surface area (Å²) in [4.78, 5) is 27.7. The van der Waals surface area contributed by atoms with Gasteiger partial charge in [0.15, 0.2) is 5.75 Å². The highest BCUT2D eigenvalue weighted by Gasteiger charge is 2.35. The van der Waals surface area contributed by atoms with Gasteiger partial charge in [0, 0.05) is 25.2 Å². The fourth-order valence-electron chi connectivity index (χ4n) is 3.75. The standard InChI is InChI=1S/C24H32N4O6S/c1-16-13-28(17(2)15-29)23(30)19-11-8-12-20(26-24(31)25-18-9-6-5-7-10-18)22(19)34-21(16)14-27(3)35(4,32)33/h5-12,16-17,21,29H,13-15H2,1-4H3,(H2,25,26,31)/t16-,17+,21-/m0/s1. The van der Waals surface area contributed by atoms with Crippen LogP contribution >= 0.6 is 0 Å². The second-order valence-corrected chi connectivity index (χ2v) is 10.9. The van der Waals surface area contributed by atoms with E-state index in [0.717, 1.165) is 6.26 Å². The number of para-hydroxylation sites is 2. The molecular weight excluding hydrogens is 472 g/mol. The van der Waals surface area contributed by atoms with Crippen molar-refractivity contribution in [1.29, 1.82) is 0 Å². The molecule has 0 fully saturated rings. The molecule has 1 aliphatic heterocycles. The van der Waals surface area contributed by atoms with Gasteiger partial charge in [-0.3, -0.25) is 4.79 Å². The Balaban J connectivity index is 2.00. The summed E-state index contributed by atoms with van der Waals surface area (Å²) in [6.07, 6.45) is 0.481. The summed E-state index contributed by atoms with van der Waals surface area (Å²) in [6.45, 7) is 3.65. The minimum absolute atomic E-state index is 0.0412. The first-order chi connectivity index (χ1) is 16.5. The van der Waals surface area contributed by atoms with Crippen molar-refractivity contribution in [3.05, 3.63) is 54.1 Å². The molecular formula is C24H32N4O6S. The number of carbonyl (C=O) groups is 2. The van der Waals surface area contributed by atoms with Crippen LogP contribution in [0, 0.1) is 5.92 Å². The lowest BCUT2D eigenvalue weighted by molar-refractivity contribution is 0.0389. The van der Waals surface area contributed by atoms with Gasteiger partial charge in [-0.1, -0.05) is 31.2 Å². The van der Waals surface area contributed by atoms with Crippen molar-refractivity contribution in [2.24, 2.45) is 5.92 Å². The Labute approximate surface area is 205 Å². The van der Waals surface area contributed by atoms with Gasteiger partial charge in [-0.05, 0) is 31.2 Å². The smallest absolute Gasteiger partial charge is 0.323 e. The average Bonchev–Trinajstić information content (AvgIpc) is 2.81. The van der Waals surface area contributed by atoms with E-state index in [9.17, 15) is 23.1 Å². The maximum Gasteiger partial charge on any atom is 0.323 e. The number of hydrogen-bond acceptors (Lipinski definition) is 6. The molecule has 3 N–H and O–H groups in total. The summed E-state index contributed by atoms with van der Waals surface area (Å²) in [7, 11) is -2.02. The third-order valence-electron chi connectivity index (χ3n) is 5.97. The van der Waals surface area contributed by atoms with Gasteiger partial charge in [-0.15, -0.1) is 0 Å². The zero-order valence-electron chi connectivity index (χ0n) is 20.3. The highest BCUT2D eigenvalue weighted by molar-refractivity contribution is 7.88. The van der Waals surface area contributed by atoms with Crippen LogP contribution in [0.25, 0.3) is 0 Å². The predicted octanol–water partition coefficient (Wildman–Crippen LogP) is 2.44. The molecule has 3 atom stereocenters. The van der Waals surface area contributed by atoms with Gasteiger partial charge in [0.1, 0.15) is 6.10 Å². The molecule has 2 aromatic carbocycles. The lowest BCUT2D eigenvalue weighted by Gasteiger charge is -2.38. The number of carbonyl (C=O) groups excluding carboxylic acids is 2. The molecule has 11 heteroatoms. The van der Waals surface area contributed by atoms with Crippen LogP contribution in [0.5, 0.6) is 5.75 Å². The zero-order chi connectivity index (χ0) is 25.8. The Bertz CT molecular complexity index is 1160. The van der Waals surface area contributed by atoms with Gasteiger partial charge in [-0.25, -0.2) is 17.5 Å². The van der Waals surface area contributed by atoms with E-state index in [1.54, 1.807) is 54.3 Å². The van der Waals surface area contributed by atoms with E-state index in [1.165, 1.54) is 11.4 Å². The number of amides is 3. The second kappa shape index (κ2) is 11.1. The number of sulfonamides is 1. The van der Waals surface area contributed by atoms with Crippen molar-refractivity contribution in [3.63, 3.8) is 0 Å². The van der Waals surface area contributed by atoms with Crippen LogP contribution in [0.4, 0.5) is 16.2 Å². The van der Waals surface area contributed by atoms with Crippen LogP contribution in [-0.4, -0.2) is 79.8 Å². The molecule has 0 radical (unpaired) electrons. The van der Waals surface area contributed by atoms with Crippen molar-refractivity contribution >= 4 is 33.3 Å². The summed E-state index contributed by atoms with van der Waals surface area (Å²) >= 11 is 0. The summed E-state index contributed by atoms with van der Waals surface area (Å²) in [5.41, 5.74) is 1.06. The predicted molar refractivity (Wildman–Crippen MR) is 134 cm³/mol. The van der Waals surface area contributed by atoms with Gasteiger partial charge >= 0.3 is 6.03 Å². The first-order valence-electron chi connectivity index (χ1n) is 11.3. The fraction of sp³-hybridized carbons (Fsp3) is 0.417.